The topological polar surface area (TPSA) is 54.9 Å². The van der Waals surface area contributed by atoms with Crippen LogP contribution in [0.25, 0.3) is 0 Å². The molecular formula is C14H17N3O2S. The molecule has 0 saturated carbocycles. The number of terminal acetylenes is 1. The second-order valence-corrected chi connectivity index (χ2v) is 4.06. The Morgan fingerprint density at radius 2 is 2.30 bits per heavy atom. The highest BCUT2D eigenvalue weighted by Crippen LogP contribution is 2.15. The van der Waals surface area contributed by atoms with Gasteiger partial charge in [-0.05, 0) is 24.4 Å². The number of hydrogen-bond donors (Lipinski definition) is 2. The third kappa shape index (κ3) is 6.18. The van der Waals surface area contributed by atoms with Crippen molar-refractivity contribution in [2.75, 3.05) is 26.9 Å². The van der Waals surface area contributed by atoms with Crippen LogP contribution in [0.1, 0.15) is 5.56 Å². The molecule has 0 bridgehead atoms. The molecule has 0 aliphatic carbocycles. The number of hydrogen-bond acceptors (Lipinski definition) is 4. The molecule has 0 fully saturated rings. The van der Waals surface area contributed by atoms with E-state index in [-0.39, 0.29) is 6.61 Å². The van der Waals surface area contributed by atoms with E-state index in [4.69, 9.17) is 28.1 Å². The first kappa shape index (κ1) is 16.0. The number of ether oxygens (including phenoxy) is 2. The normalized spacial score (nSPS) is 10.0. The van der Waals surface area contributed by atoms with Crippen molar-refractivity contribution in [3.63, 3.8) is 0 Å². The summed E-state index contributed by atoms with van der Waals surface area (Å²) in [5, 5.41) is 7.41. The van der Waals surface area contributed by atoms with Crippen molar-refractivity contribution in [3.05, 3.63) is 29.8 Å². The fourth-order valence-corrected chi connectivity index (χ4v) is 1.46. The molecule has 0 unspecified atom stereocenters. The van der Waals surface area contributed by atoms with Crippen LogP contribution in [0.3, 0.4) is 0 Å². The zero-order chi connectivity index (χ0) is 14.6. The molecule has 0 heterocycles. The fourth-order valence-electron chi connectivity index (χ4n) is 1.30. The van der Waals surface area contributed by atoms with E-state index in [0.29, 0.717) is 24.0 Å². The molecule has 20 heavy (non-hydrogen) atoms. The van der Waals surface area contributed by atoms with Gasteiger partial charge in [0.15, 0.2) is 5.11 Å². The first-order chi connectivity index (χ1) is 9.77. The average molecular weight is 291 g/mol. The molecule has 0 amide bonds. The fraction of sp³-hybridized carbons (Fsp3) is 0.286. The smallest absolute Gasteiger partial charge is 0.187 e. The predicted molar refractivity (Wildman–Crippen MR) is 84.0 cm³/mol. The number of para-hydroxylation sites is 1. The van der Waals surface area contributed by atoms with Crippen LogP contribution < -0.4 is 15.5 Å². The molecule has 0 spiro atoms. The number of benzene rings is 1. The quantitative estimate of drug-likeness (QED) is 0.259. The number of hydrazone groups is 1. The summed E-state index contributed by atoms with van der Waals surface area (Å²) >= 11 is 5.04. The van der Waals surface area contributed by atoms with Gasteiger partial charge in [0.25, 0.3) is 0 Å². The number of methoxy groups -OCH3 is 1. The van der Waals surface area contributed by atoms with Crippen LogP contribution in [0, 0.1) is 12.3 Å². The van der Waals surface area contributed by atoms with E-state index < -0.39 is 0 Å². The van der Waals surface area contributed by atoms with Crippen molar-refractivity contribution >= 4 is 23.5 Å². The van der Waals surface area contributed by atoms with E-state index in [1.54, 1.807) is 13.3 Å². The average Bonchev–Trinajstić information content (AvgIpc) is 2.46. The molecule has 106 valence electrons. The van der Waals surface area contributed by atoms with Crippen LogP contribution in [0.5, 0.6) is 5.75 Å². The van der Waals surface area contributed by atoms with Gasteiger partial charge in [0.2, 0.25) is 0 Å². The summed E-state index contributed by atoms with van der Waals surface area (Å²) in [4.78, 5) is 0. The molecule has 0 saturated heterocycles. The second-order valence-electron chi connectivity index (χ2n) is 3.65. The van der Waals surface area contributed by atoms with E-state index in [9.17, 15) is 0 Å². The number of rotatable bonds is 7. The zero-order valence-corrected chi connectivity index (χ0v) is 12.1. The van der Waals surface area contributed by atoms with Gasteiger partial charge >= 0.3 is 0 Å². The number of thiocarbonyl (C=S) groups is 1. The molecule has 6 heteroatoms. The van der Waals surface area contributed by atoms with Crippen molar-refractivity contribution in [1.29, 1.82) is 0 Å². The van der Waals surface area contributed by atoms with Crippen molar-refractivity contribution < 1.29 is 9.47 Å². The lowest BCUT2D eigenvalue weighted by Gasteiger charge is -2.07. The first-order valence-corrected chi connectivity index (χ1v) is 6.40. The molecule has 0 aliphatic rings. The molecule has 0 aliphatic heterocycles. The van der Waals surface area contributed by atoms with Gasteiger partial charge in [-0.25, -0.2) is 0 Å². The highest BCUT2D eigenvalue weighted by Gasteiger charge is 1.99. The number of nitrogens with zero attached hydrogens (tertiary/aromatic N) is 1. The van der Waals surface area contributed by atoms with Crippen molar-refractivity contribution in [3.8, 4) is 18.1 Å². The number of nitrogens with one attached hydrogen (secondary N) is 2. The Bertz CT molecular complexity index is 497. The monoisotopic (exact) mass is 291 g/mol. The predicted octanol–water partition coefficient (Wildman–Crippen LogP) is 1.14. The highest BCUT2D eigenvalue weighted by molar-refractivity contribution is 7.80. The Morgan fingerprint density at radius 3 is 3.05 bits per heavy atom. The molecule has 1 rings (SSSR count). The lowest BCUT2D eigenvalue weighted by molar-refractivity contribution is 0.204. The van der Waals surface area contributed by atoms with Crippen LogP contribution in [0.15, 0.2) is 29.4 Å². The lowest BCUT2D eigenvalue weighted by atomic mass is 10.2. The zero-order valence-electron chi connectivity index (χ0n) is 11.3. The van der Waals surface area contributed by atoms with Gasteiger partial charge in [-0.1, -0.05) is 18.1 Å². The van der Waals surface area contributed by atoms with Crippen LogP contribution in [0.4, 0.5) is 0 Å². The summed E-state index contributed by atoms with van der Waals surface area (Å²) in [6.07, 6.45) is 6.79. The van der Waals surface area contributed by atoms with Crippen LogP contribution in [-0.2, 0) is 4.74 Å². The summed E-state index contributed by atoms with van der Waals surface area (Å²) in [5.41, 5.74) is 3.53. The van der Waals surface area contributed by atoms with E-state index >= 15 is 0 Å². The van der Waals surface area contributed by atoms with E-state index in [1.165, 1.54) is 0 Å². The third-order valence-corrected chi connectivity index (χ3v) is 2.43. The van der Waals surface area contributed by atoms with Crippen LogP contribution in [0.2, 0.25) is 0 Å². The van der Waals surface area contributed by atoms with Crippen LogP contribution in [-0.4, -0.2) is 38.2 Å². The molecule has 0 aromatic heterocycles. The Morgan fingerprint density at radius 1 is 1.50 bits per heavy atom. The third-order valence-electron chi connectivity index (χ3n) is 2.19. The van der Waals surface area contributed by atoms with Gasteiger partial charge in [0.1, 0.15) is 12.4 Å². The Balaban J connectivity index is 2.49. The Kier molecular flexibility index (Phi) is 7.80. The van der Waals surface area contributed by atoms with E-state index in [0.717, 1.165) is 5.56 Å². The summed E-state index contributed by atoms with van der Waals surface area (Å²) in [6, 6.07) is 7.46. The standard InChI is InChI=1S/C14H17N3O2S/c1-3-9-19-13-7-5-4-6-12(13)11-16-17-14(20)15-8-10-18-2/h1,4-7,11H,8-10H2,2H3,(H2,15,17,20)/b16-11-. The Hall–Kier alpha value is -2.10. The van der Waals surface area contributed by atoms with Gasteiger partial charge < -0.3 is 14.8 Å². The summed E-state index contributed by atoms with van der Waals surface area (Å²) in [6.45, 7) is 1.42. The highest BCUT2D eigenvalue weighted by atomic mass is 32.1. The second kappa shape index (κ2) is 9.78. The summed E-state index contributed by atoms with van der Waals surface area (Å²) in [7, 11) is 1.63. The minimum atomic E-state index is 0.218. The summed E-state index contributed by atoms with van der Waals surface area (Å²) in [5.74, 6) is 3.10. The molecule has 2 N–H and O–H groups in total. The maximum Gasteiger partial charge on any atom is 0.187 e. The van der Waals surface area contributed by atoms with Gasteiger partial charge in [0.05, 0.1) is 12.8 Å². The van der Waals surface area contributed by atoms with E-state index in [1.807, 2.05) is 24.3 Å². The molecule has 1 aromatic carbocycles. The SMILES string of the molecule is C#CCOc1ccccc1/C=N\NC(=S)NCCOC. The lowest BCUT2D eigenvalue weighted by Crippen LogP contribution is -2.34. The molecule has 1 aromatic rings. The Labute approximate surface area is 124 Å². The molecule has 0 atom stereocenters. The minimum Gasteiger partial charge on any atom is -0.480 e. The maximum atomic E-state index is 5.40. The van der Waals surface area contributed by atoms with Gasteiger partial charge in [0, 0.05) is 19.2 Å². The summed E-state index contributed by atoms with van der Waals surface area (Å²) < 4.78 is 10.3. The van der Waals surface area contributed by atoms with E-state index in [2.05, 4.69) is 21.8 Å². The van der Waals surface area contributed by atoms with Crippen molar-refractivity contribution in [1.82, 2.24) is 10.7 Å². The maximum absolute atomic E-state index is 5.40. The molecule has 5 nitrogen and oxygen atoms in total. The van der Waals surface area contributed by atoms with Crippen LogP contribution >= 0.6 is 12.2 Å². The largest absolute Gasteiger partial charge is 0.480 e. The van der Waals surface area contributed by atoms with Gasteiger partial charge in [-0.15, -0.1) is 6.42 Å². The first-order valence-electron chi connectivity index (χ1n) is 5.99. The minimum absolute atomic E-state index is 0.218. The van der Waals surface area contributed by atoms with Gasteiger partial charge in [-0.3, -0.25) is 5.43 Å². The van der Waals surface area contributed by atoms with Crippen molar-refractivity contribution in [2.45, 2.75) is 0 Å². The molecular weight excluding hydrogens is 274 g/mol. The van der Waals surface area contributed by atoms with Crippen molar-refractivity contribution in [2.24, 2.45) is 5.10 Å². The molecule has 0 radical (unpaired) electrons. The van der Waals surface area contributed by atoms with Gasteiger partial charge in [-0.2, -0.15) is 5.10 Å².